The van der Waals surface area contributed by atoms with Gasteiger partial charge in [0.15, 0.2) is 15.5 Å². The van der Waals surface area contributed by atoms with Crippen LogP contribution in [0.4, 0.5) is 13.2 Å². The van der Waals surface area contributed by atoms with Crippen LogP contribution in [0.25, 0.3) is 0 Å². The van der Waals surface area contributed by atoms with Crippen molar-refractivity contribution in [2.75, 3.05) is 24.6 Å². The summed E-state index contributed by atoms with van der Waals surface area (Å²) in [7, 11) is -2.82. The highest BCUT2D eigenvalue weighted by molar-refractivity contribution is 7.92. The molecule has 1 aromatic rings. The molecule has 0 N–H and O–H groups in total. The molecule has 0 amide bonds. The quantitative estimate of drug-likeness (QED) is 0.731. The van der Waals surface area contributed by atoms with Gasteiger partial charge in [0.05, 0.1) is 17.5 Å². The lowest BCUT2D eigenvalue weighted by Crippen LogP contribution is -2.51. The summed E-state index contributed by atoms with van der Waals surface area (Å²) in [5.74, 6) is 0.787. The number of halogens is 3. The number of hydrogen-bond donors (Lipinski definition) is 0. The lowest BCUT2D eigenvalue weighted by molar-refractivity contribution is -0.141. The van der Waals surface area contributed by atoms with Gasteiger partial charge in [0.25, 0.3) is 0 Å². The van der Waals surface area contributed by atoms with Gasteiger partial charge in [0, 0.05) is 29.6 Å². The van der Waals surface area contributed by atoms with Crippen molar-refractivity contribution in [2.45, 2.75) is 75.5 Å². The van der Waals surface area contributed by atoms with Gasteiger partial charge in [-0.1, -0.05) is 0 Å². The highest BCUT2D eigenvalue weighted by atomic mass is 32.2. The molecule has 4 aliphatic rings. The van der Waals surface area contributed by atoms with Crippen molar-refractivity contribution in [2.24, 2.45) is 5.41 Å². The largest absolute Gasteiger partial charge is 0.435 e. The number of likely N-dealkylation sites (tertiary alicyclic amines) is 1. The van der Waals surface area contributed by atoms with E-state index in [9.17, 15) is 21.6 Å². The zero-order valence-electron chi connectivity index (χ0n) is 16.5. The molecule has 5 nitrogen and oxygen atoms in total. The van der Waals surface area contributed by atoms with Crippen LogP contribution >= 0.6 is 0 Å². The molecule has 2 aliphatic carbocycles. The second-order valence-electron chi connectivity index (χ2n) is 9.74. The fourth-order valence-corrected chi connectivity index (χ4v) is 8.17. The summed E-state index contributed by atoms with van der Waals surface area (Å²) in [6.07, 6.45) is 3.13. The Morgan fingerprint density at radius 1 is 1.03 bits per heavy atom. The SMILES string of the molecule is O=S1(=O)CC2(CCN([C@H]3CC[C@H](c4cc(C(F)(F)F)nn4C4CCC4)CC3)C2)C1. The molecular weight excluding hydrogens is 403 g/mol. The third-order valence-electron chi connectivity index (χ3n) is 7.63. The van der Waals surface area contributed by atoms with E-state index in [0.717, 1.165) is 70.2 Å². The Bertz CT molecular complexity index is 871. The first-order valence-corrected chi connectivity index (χ1v) is 12.6. The molecule has 0 bridgehead atoms. The van der Waals surface area contributed by atoms with Gasteiger partial charge in [-0.3, -0.25) is 9.58 Å². The summed E-state index contributed by atoms with van der Waals surface area (Å²) in [6.45, 7) is 1.81. The van der Waals surface area contributed by atoms with Crippen LogP contribution in [0.15, 0.2) is 6.07 Å². The Balaban J connectivity index is 1.25. The molecule has 162 valence electrons. The fraction of sp³-hybridized carbons (Fsp3) is 0.850. The highest BCUT2D eigenvalue weighted by Crippen LogP contribution is 2.45. The molecule has 1 spiro atoms. The maximum atomic E-state index is 13.2. The molecule has 0 atom stereocenters. The van der Waals surface area contributed by atoms with E-state index in [2.05, 4.69) is 10.00 Å². The molecule has 0 radical (unpaired) electrons. The van der Waals surface area contributed by atoms with Crippen molar-refractivity contribution >= 4 is 9.84 Å². The van der Waals surface area contributed by atoms with Crippen molar-refractivity contribution in [1.82, 2.24) is 14.7 Å². The average Bonchev–Trinajstić information content (AvgIpc) is 3.17. The number of nitrogens with zero attached hydrogens (tertiary/aromatic N) is 3. The Morgan fingerprint density at radius 2 is 1.72 bits per heavy atom. The molecule has 2 saturated heterocycles. The van der Waals surface area contributed by atoms with Crippen LogP contribution in [0, 0.1) is 5.41 Å². The molecule has 2 aliphatic heterocycles. The van der Waals surface area contributed by atoms with Gasteiger partial charge < -0.3 is 0 Å². The van der Waals surface area contributed by atoms with Gasteiger partial charge in [-0.15, -0.1) is 0 Å². The van der Waals surface area contributed by atoms with E-state index >= 15 is 0 Å². The number of sulfone groups is 1. The van der Waals surface area contributed by atoms with E-state index in [1.807, 2.05) is 0 Å². The van der Waals surface area contributed by atoms with Crippen LogP contribution in [0.2, 0.25) is 0 Å². The van der Waals surface area contributed by atoms with E-state index in [1.54, 1.807) is 4.68 Å². The molecule has 5 rings (SSSR count). The normalized spacial score (nSPS) is 32.2. The minimum absolute atomic E-state index is 0.0276. The number of aromatic nitrogens is 2. The predicted octanol–water partition coefficient (Wildman–Crippen LogP) is 3.77. The van der Waals surface area contributed by atoms with Crippen molar-refractivity contribution in [3.05, 3.63) is 17.5 Å². The van der Waals surface area contributed by atoms with Crippen LogP contribution in [-0.4, -0.2) is 53.7 Å². The summed E-state index contributed by atoms with van der Waals surface area (Å²) in [4.78, 5) is 2.44. The monoisotopic (exact) mass is 431 g/mol. The minimum Gasteiger partial charge on any atom is -0.300 e. The Morgan fingerprint density at radius 3 is 2.28 bits per heavy atom. The molecule has 4 fully saturated rings. The third-order valence-corrected chi connectivity index (χ3v) is 9.73. The maximum Gasteiger partial charge on any atom is 0.435 e. The van der Waals surface area contributed by atoms with Crippen molar-refractivity contribution in [1.29, 1.82) is 0 Å². The van der Waals surface area contributed by atoms with E-state index < -0.39 is 21.7 Å². The van der Waals surface area contributed by atoms with Crippen LogP contribution in [0.1, 0.15) is 74.7 Å². The molecule has 0 unspecified atom stereocenters. The Hall–Kier alpha value is -1.09. The molecule has 29 heavy (non-hydrogen) atoms. The first kappa shape index (κ1) is 19.8. The summed E-state index contributed by atoms with van der Waals surface area (Å²) in [5.41, 5.74) is -0.0159. The lowest BCUT2D eigenvalue weighted by Gasteiger charge is -2.40. The Kier molecular flexibility index (Phi) is 4.59. The van der Waals surface area contributed by atoms with Crippen LogP contribution < -0.4 is 0 Å². The first-order chi connectivity index (χ1) is 13.6. The minimum atomic E-state index is -4.39. The van der Waals surface area contributed by atoms with Crippen LogP contribution in [-0.2, 0) is 16.0 Å². The van der Waals surface area contributed by atoms with Crippen LogP contribution in [0.5, 0.6) is 0 Å². The van der Waals surface area contributed by atoms with E-state index in [1.165, 1.54) is 6.07 Å². The zero-order chi connectivity index (χ0) is 20.4. The van der Waals surface area contributed by atoms with Crippen molar-refractivity contribution in [3.63, 3.8) is 0 Å². The Labute approximate surface area is 169 Å². The second-order valence-corrected chi connectivity index (χ2v) is 11.8. The van der Waals surface area contributed by atoms with Crippen molar-refractivity contribution < 1.29 is 21.6 Å². The van der Waals surface area contributed by atoms with Gasteiger partial charge in [-0.2, -0.15) is 18.3 Å². The highest BCUT2D eigenvalue weighted by Gasteiger charge is 2.53. The smallest absolute Gasteiger partial charge is 0.300 e. The zero-order valence-corrected chi connectivity index (χ0v) is 17.3. The van der Waals surface area contributed by atoms with E-state index in [4.69, 9.17) is 0 Å². The lowest BCUT2D eigenvalue weighted by atomic mass is 9.82. The molecule has 0 aromatic carbocycles. The van der Waals surface area contributed by atoms with Gasteiger partial charge in [0.2, 0.25) is 0 Å². The van der Waals surface area contributed by atoms with Gasteiger partial charge >= 0.3 is 6.18 Å². The predicted molar refractivity (Wildman–Crippen MR) is 102 cm³/mol. The summed E-state index contributed by atoms with van der Waals surface area (Å²) >= 11 is 0. The van der Waals surface area contributed by atoms with E-state index in [0.29, 0.717) is 17.5 Å². The molecule has 2 saturated carbocycles. The summed E-state index contributed by atoms with van der Waals surface area (Å²) in [6, 6.07) is 1.84. The molecule has 9 heteroatoms. The number of rotatable bonds is 3. The van der Waals surface area contributed by atoms with Gasteiger partial charge in [0.1, 0.15) is 0 Å². The molecular formula is C20H28F3N3O2S. The standard InChI is InChI=1S/C20H28F3N3O2S/c21-20(22,23)18-10-17(26(24-18)16-2-1-3-16)14-4-6-15(7-5-14)25-9-8-19(11-25)12-29(27,28)13-19/h10,14-16H,1-9,11-13H2/t14-,15-. The van der Waals surface area contributed by atoms with E-state index in [-0.39, 0.29) is 17.4 Å². The van der Waals surface area contributed by atoms with Gasteiger partial charge in [-0.25, -0.2) is 8.42 Å². The van der Waals surface area contributed by atoms with Crippen LogP contribution in [0.3, 0.4) is 0 Å². The summed E-state index contributed by atoms with van der Waals surface area (Å²) in [5, 5.41) is 3.95. The molecule has 1 aromatic heterocycles. The fourth-order valence-electron chi connectivity index (χ4n) is 5.92. The average molecular weight is 432 g/mol. The summed E-state index contributed by atoms with van der Waals surface area (Å²) < 4.78 is 64.6. The first-order valence-electron chi connectivity index (χ1n) is 10.8. The van der Waals surface area contributed by atoms with Gasteiger partial charge in [-0.05, 0) is 64.0 Å². The molecule has 3 heterocycles. The second kappa shape index (κ2) is 6.70. The maximum absolute atomic E-state index is 13.2. The number of hydrogen-bond acceptors (Lipinski definition) is 4. The van der Waals surface area contributed by atoms with Crippen molar-refractivity contribution in [3.8, 4) is 0 Å². The topological polar surface area (TPSA) is 55.2 Å². The third kappa shape index (κ3) is 3.62. The number of alkyl halides is 3.